The first-order chi connectivity index (χ1) is 12.5. The van der Waals surface area contributed by atoms with Crippen molar-refractivity contribution in [1.82, 2.24) is 9.88 Å². The van der Waals surface area contributed by atoms with E-state index in [0.717, 1.165) is 35.4 Å². The average molecular weight is 348 g/mol. The number of carbonyl (C=O) groups is 1. The SMILES string of the molecule is COc1cccc([C@H]2CCN2C(=O)c2[nH]c3c(C)ccc(C)c3c2C)c1. The number of nitrogens with zero attached hydrogens (tertiary/aromatic N) is 1. The quantitative estimate of drug-likeness (QED) is 0.746. The fourth-order valence-electron chi connectivity index (χ4n) is 3.98. The normalized spacial score (nSPS) is 16.6. The zero-order valence-corrected chi connectivity index (χ0v) is 15.7. The number of aromatic nitrogens is 1. The number of methoxy groups -OCH3 is 1. The molecule has 0 saturated carbocycles. The number of likely N-dealkylation sites (tertiary alicyclic amines) is 1. The van der Waals surface area contributed by atoms with E-state index in [-0.39, 0.29) is 11.9 Å². The van der Waals surface area contributed by atoms with Crippen LogP contribution in [0.1, 0.15) is 45.2 Å². The summed E-state index contributed by atoms with van der Waals surface area (Å²) in [6.07, 6.45) is 0.982. The largest absolute Gasteiger partial charge is 0.497 e. The lowest BCUT2D eigenvalue weighted by Crippen LogP contribution is -2.45. The molecule has 1 amide bonds. The standard InChI is InChI=1S/C22H24N2O2/c1-13-8-9-14(2)20-19(13)15(3)21(23-20)22(25)24-11-10-18(24)16-6-5-7-17(12-16)26-4/h5-9,12,18,23H,10-11H2,1-4H3/t18-/m1/s1. The molecule has 1 aliphatic rings. The molecule has 1 atom stereocenters. The minimum absolute atomic E-state index is 0.0802. The van der Waals surface area contributed by atoms with Crippen LogP contribution in [0.2, 0.25) is 0 Å². The van der Waals surface area contributed by atoms with Crippen molar-refractivity contribution in [3.63, 3.8) is 0 Å². The molecule has 4 nitrogen and oxygen atoms in total. The van der Waals surface area contributed by atoms with Crippen LogP contribution in [0.5, 0.6) is 5.75 Å². The van der Waals surface area contributed by atoms with Crippen molar-refractivity contribution < 1.29 is 9.53 Å². The highest BCUT2D eigenvalue weighted by atomic mass is 16.5. The second-order valence-corrected chi connectivity index (χ2v) is 7.15. The van der Waals surface area contributed by atoms with Crippen molar-refractivity contribution >= 4 is 16.8 Å². The van der Waals surface area contributed by atoms with Crippen molar-refractivity contribution in [2.24, 2.45) is 0 Å². The first-order valence-electron chi connectivity index (χ1n) is 9.04. The number of carbonyl (C=O) groups excluding carboxylic acids is 1. The molecule has 26 heavy (non-hydrogen) atoms. The van der Waals surface area contributed by atoms with Gasteiger partial charge in [-0.1, -0.05) is 24.3 Å². The summed E-state index contributed by atoms with van der Waals surface area (Å²) in [5, 5.41) is 1.17. The van der Waals surface area contributed by atoms with Gasteiger partial charge in [0, 0.05) is 17.4 Å². The van der Waals surface area contributed by atoms with E-state index >= 15 is 0 Å². The first-order valence-corrected chi connectivity index (χ1v) is 9.04. The number of hydrogen-bond donors (Lipinski definition) is 1. The third-order valence-electron chi connectivity index (χ3n) is 5.59. The van der Waals surface area contributed by atoms with Gasteiger partial charge < -0.3 is 14.6 Å². The van der Waals surface area contributed by atoms with Crippen molar-refractivity contribution in [3.8, 4) is 5.75 Å². The summed E-state index contributed by atoms with van der Waals surface area (Å²) >= 11 is 0. The highest BCUT2D eigenvalue weighted by Crippen LogP contribution is 2.37. The molecule has 1 aromatic heterocycles. The van der Waals surface area contributed by atoms with E-state index in [1.54, 1.807) is 7.11 Å². The molecule has 1 saturated heterocycles. The molecular weight excluding hydrogens is 324 g/mol. The van der Waals surface area contributed by atoms with Gasteiger partial charge in [-0.05, 0) is 61.6 Å². The third-order valence-corrected chi connectivity index (χ3v) is 5.59. The number of ether oxygens (including phenoxy) is 1. The predicted octanol–water partition coefficient (Wildman–Crippen LogP) is 4.69. The zero-order chi connectivity index (χ0) is 18.4. The highest BCUT2D eigenvalue weighted by Gasteiger charge is 2.35. The summed E-state index contributed by atoms with van der Waals surface area (Å²) < 4.78 is 5.33. The van der Waals surface area contributed by atoms with Gasteiger partial charge >= 0.3 is 0 Å². The molecule has 1 N–H and O–H groups in total. The zero-order valence-electron chi connectivity index (χ0n) is 15.7. The Kier molecular flexibility index (Phi) is 3.98. The fourth-order valence-corrected chi connectivity index (χ4v) is 3.98. The number of hydrogen-bond acceptors (Lipinski definition) is 2. The van der Waals surface area contributed by atoms with Gasteiger partial charge in [-0.15, -0.1) is 0 Å². The number of nitrogens with one attached hydrogen (secondary N) is 1. The molecule has 1 fully saturated rings. The maximum Gasteiger partial charge on any atom is 0.271 e. The summed E-state index contributed by atoms with van der Waals surface area (Å²) in [6, 6.07) is 12.3. The molecule has 2 aromatic carbocycles. The van der Waals surface area contributed by atoms with Gasteiger partial charge in [-0.2, -0.15) is 0 Å². The van der Waals surface area contributed by atoms with Gasteiger partial charge in [0.05, 0.1) is 13.2 Å². The van der Waals surface area contributed by atoms with E-state index < -0.39 is 0 Å². The molecule has 0 radical (unpaired) electrons. The second kappa shape index (κ2) is 6.20. The highest BCUT2D eigenvalue weighted by molar-refractivity contribution is 6.03. The van der Waals surface area contributed by atoms with Crippen molar-refractivity contribution in [3.05, 3.63) is 64.3 Å². The Labute approximate surface area is 153 Å². The molecule has 0 unspecified atom stereocenters. The molecule has 4 heteroatoms. The van der Waals surface area contributed by atoms with Gasteiger partial charge in [-0.3, -0.25) is 4.79 Å². The van der Waals surface area contributed by atoms with Crippen LogP contribution >= 0.6 is 0 Å². The Morgan fingerprint density at radius 2 is 1.92 bits per heavy atom. The second-order valence-electron chi connectivity index (χ2n) is 7.15. The predicted molar refractivity (Wildman–Crippen MR) is 104 cm³/mol. The average Bonchev–Trinajstić information content (AvgIpc) is 2.96. The van der Waals surface area contributed by atoms with Crippen LogP contribution in [-0.4, -0.2) is 29.4 Å². The summed E-state index contributed by atoms with van der Waals surface area (Å²) in [5.74, 6) is 0.909. The van der Waals surface area contributed by atoms with Crippen LogP contribution in [0, 0.1) is 20.8 Å². The van der Waals surface area contributed by atoms with E-state index in [2.05, 4.69) is 37.0 Å². The Hall–Kier alpha value is -2.75. The molecule has 1 aliphatic heterocycles. The summed E-state index contributed by atoms with van der Waals surface area (Å²) in [5.41, 5.74) is 6.33. The fraction of sp³-hybridized carbons (Fsp3) is 0.318. The lowest BCUT2D eigenvalue weighted by atomic mass is 9.93. The van der Waals surface area contributed by atoms with Gasteiger partial charge in [0.2, 0.25) is 0 Å². The number of benzene rings is 2. The Morgan fingerprint density at radius 1 is 1.15 bits per heavy atom. The lowest BCUT2D eigenvalue weighted by molar-refractivity contribution is 0.0454. The van der Waals surface area contributed by atoms with E-state index in [9.17, 15) is 4.79 Å². The lowest BCUT2D eigenvalue weighted by Gasteiger charge is -2.41. The maximum atomic E-state index is 13.2. The number of aryl methyl sites for hydroxylation is 3. The van der Waals surface area contributed by atoms with Crippen LogP contribution in [-0.2, 0) is 0 Å². The van der Waals surface area contributed by atoms with Gasteiger partial charge in [0.15, 0.2) is 0 Å². The number of fused-ring (bicyclic) bond motifs is 1. The summed E-state index contributed by atoms with van der Waals surface area (Å²) in [6.45, 7) is 7.00. The van der Waals surface area contributed by atoms with E-state index in [4.69, 9.17) is 4.74 Å². The number of amides is 1. The molecule has 3 aromatic rings. The topological polar surface area (TPSA) is 45.3 Å². The Balaban J connectivity index is 1.70. The molecular formula is C22H24N2O2. The molecule has 4 rings (SSSR count). The molecule has 0 aliphatic carbocycles. The van der Waals surface area contributed by atoms with Crippen molar-refractivity contribution in [1.29, 1.82) is 0 Å². The van der Waals surface area contributed by atoms with Crippen molar-refractivity contribution in [2.45, 2.75) is 33.2 Å². The third kappa shape index (κ3) is 2.48. The number of aromatic amines is 1. The Morgan fingerprint density at radius 3 is 2.58 bits per heavy atom. The maximum absolute atomic E-state index is 13.2. The minimum Gasteiger partial charge on any atom is -0.497 e. The van der Waals surface area contributed by atoms with Crippen LogP contribution in [0.3, 0.4) is 0 Å². The van der Waals surface area contributed by atoms with Gasteiger partial charge in [0.1, 0.15) is 11.4 Å². The van der Waals surface area contributed by atoms with Crippen LogP contribution in [0.15, 0.2) is 36.4 Å². The van der Waals surface area contributed by atoms with E-state index in [0.29, 0.717) is 5.69 Å². The monoisotopic (exact) mass is 348 g/mol. The molecule has 0 bridgehead atoms. The van der Waals surface area contributed by atoms with Gasteiger partial charge in [-0.25, -0.2) is 0 Å². The van der Waals surface area contributed by atoms with Gasteiger partial charge in [0.25, 0.3) is 5.91 Å². The summed E-state index contributed by atoms with van der Waals surface area (Å²) in [7, 11) is 1.67. The molecule has 134 valence electrons. The molecule has 2 heterocycles. The Bertz CT molecular complexity index is 1000. The van der Waals surface area contributed by atoms with Crippen molar-refractivity contribution in [2.75, 3.05) is 13.7 Å². The van der Waals surface area contributed by atoms with Crippen LogP contribution in [0.25, 0.3) is 10.9 Å². The molecule has 0 spiro atoms. The smallest absolute Gasteiger partial charge is 0.271 e. The van der Waals surface area contributed by atoms with Crippen LogP contribution < -0.4 is 4.74 Å². The number of H-pyrrole nitrogens is 1. The number of rotatable bonds is 3. The van der Waals surface area contributed by atoms with E-state index in [1.165, 1.54) is 16.5 Å². The van der Waals surface area contributed by atoms with Crippen LogP contribution in [0.4, 0.5) is 0 Å². The first kappa shape index (κ1) is 16.7. The minimum atomic E-state index is 0.0802. The summed E-state index contributed by atoms with van der Waals surface area (Å²) in [4.78, 5) is 18.6. The van der Waals surface area contributed by atoms with E-state index in [1.807, 2.05) is 30.0 Å².